The van der Waals surface area contributed by atoms with E-state index >= 15 is 0 Å². The summed E-state index contributed by atoms with van der Waals surface area (Å²) in [5.74, 6) is 0.877. The zero-order valence-corrected chi connectivity index (χ0v) is 12.9. The van der Waals surface area contributed by atoms with E-state index < -0.39 is 5.54 Å². The lowest BCUT2D eigenvalue weighted by molar-refractivity contribution is -0.136. The molecule has 8 heteroatoms. The molecule has 20 heavy (non-hydrogen) atoms. The highest BCUT2D eigenvalue weighted by Crippen LogP contribution is 2.27. The average molecular weight is 299 g/mol. The standard InChI is InChI=1S/C12H19ClN6O/c1-5-14-10-15-9(13)16-11(17-10)19-7-6-18(4)8(20)12(19,2)3/h5-7H2,1-4H3,(H,14,15,16,17). The lowest BCUT2D eigenvalue weighted by atomic mass is 9.98. The maximum Gasteiger partial charge on any atom is 0.247 e. The first-order chi connectivity index (χ1) is 9.36. The van der Waals surface area contributed by atoms with Crippen molar-refractivity contribution < 1.29 is 4.79 Å². The van der Waals surface area contributed by atoms with Gasteiger partial charge in [0.25, 0.3) is 0 Å². The van der Waals surface area contributed by atoms with Gasteiger partial charge in [-0.15, -0.1) is 0 Å². The highest BCUT2D eigenvalue weighted by molar-refractivity contribution is 6.28. The number of piperazine rings is 1. The van der Waals surface area contributed by atoms with E-state index in [1.165, 1.54) is 0 Å². The summed E-state index contributed by atoms with van der Waals surface area (Å²) in [7, 11) is 1.80. The molecule has 2 heterocycles. The Morgan fingerprint density at radius 2 is 2.00 bits per heavy atom. The summed E-state index contributed by atoms with van der Waals surface area (Å²) in [6.45, 7) is 7.62. The number of anilines is 2. The summed E-state index contributed by atoms with van der Waals surface area (Å²) in [6, 6.07) is 0. The van der Waals surface area contributed by atoms with E-state index in [0.29, 0.717) is 31.5 Å². The minimum Gasteiger partial charge on any atom is -0.354 e. The van der Waals surface area contributed by atoms with Gasteiger partial charge in [-0.25, -0.2) is 0 Å². The third-order valence-electron chi connectivity index (χ3n) is 3.38. The van der Waals surface area contributed by atoms with Crippen LogP contribution in [0, 0.1) is 0 Å². The number of hydrogen-bond donors (Lipinski definition) is 1. The highest BCUT2D eigenvalue weighted by Gasteiger charge is 2.42. The third-order valence-corrected chi connectivity index (χ3v) is 3.55. The van der Waals surface area contributed by atoms with Gasteiger partial charge in [-0.3, -0.25) is 4.79 Å². The van der Waals surface area contributed by atoms with Gasteiger partial charge < -0.3 is 15.1 Å². The maximum atomic E-state index is 12.3. The molecule has 110 valence electrons. The second kappa shape index (κ2) is 5.40. The van der Waals surface area contributed by atoms with Gasteiger partial charge in [0.05, 0.1) is 0 Å². The molecule has 0 spiro atoms. The summed E-state index contributed by atoms with van der Waals surface area (Å²) in [4.78, 5) is 28.4. The van der Waals surface area contributed by atoms with Crippen LogP contribution in [-0.4, -0.2) is 58.0 Å². The number of hydrogen-bond acceptors (Lipinski definition) is 6. The molecule has 0 aromatic carbocycles. The van der Waals surface area contributed by atoms with Crippen molar-refractivity contribution >= 4 is 29.4 Å². The molecular formula is C12H19ClN6O. The topological polar surface area (TPSA) is 74.2 Å². The SMILES string of the molecule is CCNc1nc(Cl)nc(N2CCN(C)C(=O)C2(C)C)n1. The largest absolute Gasteiger partial charge is 0.354 e. The summed E-state index contributed by atoms with van der Waals surface area (Å²) in [5, 5.41) is 3.13. The average Bonchev–Trinajstić information content (AvgIpc) is 2.36. The van der Waals surface area contributed by atoms with Gasteiger partial charge >= 0.3 is 0 Å². The molecule has 1 amide bonds. The second-order valence-electron chi connectivity index (χ2n) is 5.20. The van der Waals surface area contributed by atoms with E-state index in [-0.39, 0.29) is 11.2 Å². The molecule has 0 aliphatic carbocycles. The molecule has 2 rings (SSSR count). The van der Waals surface area contributed by atoms with Crippen molar-refractivity contribution in [3.63, 3.8) is 0 Å². The van der Waals surface area contributed by atoms with Crippen LogP contribution < -0.4 is 10.2 Å². The van der Waals surface area contributed by atoms with Crippen LogP contribution in [0.15, 0.2) is 0 Å². The Hall–Kier alpha value is -1.63. The Bertz CT molecular complexity index is 521. The number of nitrogens with one attached hydrogen (secondary N) is 1. The van der Waals surface area contributed by atoms with Crippen LogP contribution in [0.1, 0.15) is 20.8 Å². The molecule has 1 fully saturated rings. The summed E-state index contributed by atoms with van der Waals surface area (Å²) in [5.41, 5.74) is -0.707. The summed E-state index contributed by atoms with van der Waals surface area (Å²) >= 11 is 5.94. The lowest BCUT2D eigenvalue weighted by Gasteiger charge is -2.44. The molecule has 1 aliphatic rings. The minimum atomic E-state index is -0.707. The molecule has 7 nitrogen and oxygen atoms in total. The van der Waals surface area contributed by atoms with Crippen LogP contribution >= 0.6 is 11.6 Å². The van der Waals surface area contributed by atoms with Crippen LogP contribution in [0.4, 0.5) is 11.9 Å². The molecular weight excluding hydrogens is 280 g/mol. The maximum absolute atomic E-state index is 12.3. The van der Waals surface area contributed by atoms with E-state index in [4.69, 9.17) is 11.6 Å². The number of likely N-dealkylation sites (N-methyl/N-ethyl adjacent to an activating group) is 1. The van der Waals surface area contributed by atoms with Crippen molar-refractivity contribution in [2.75, 3.05) is 36.9 Å². The van der Waals surface area contributed by atoms with Crippen molar-refractivity contribution in [1.82, 2.24) is 19.9 Å². The van der Waals surface area contributed by atoms with E-state index in [9.17, 15) is 4.79 Å². The Morgan fingerprint density at radius 1 is 1.30 bits per heavy atom. The van der Waals surface area contributed by atoms with Crippen LogP contribution in [-0.2, 0) is 4.79 Å². The number of amides is 1. The molecule has 0 bridgehead atoms. The first kappa shape index (κ1) is 14.8. The van der Waals surface area contributed by atoms with Gasteiger partial charge in [0, 0.05) is 26.7 Å². The van der Waals surface area contributed by atoms with Gasteiger partial charge in [0.15, 0.2) is 0 Å². The number of carbonyl (C=O) groups is 1. The van der Waals surface area contributed by atoms with E-state index in [1.54, 1.807) is 11.9 Å². The molecule has 1 saturated heterocycles. The van der Waals surface area contributed by atoms with Crippen LogP contribution in [0.3, 0.4) is 0 Å². The normalized spacial score (nSPS) is 18.4. The molecule has 0 radical (unpaired) electrons. The quantitative estimate of drug-likeness (QED) is 0.898. The highest BCUT2D eigenvalue weighted by atomic mass is 35.5. The first-order valence-corrected chi connectivity index (χ1v) is 6.92. The van der Waals surface area contributed by atoms with Gasteiger partial charge in [0.2, 0.25) is 23.1 Å². The fraction of sp³-hybridized carbons (Fsp3) is 0.667. The van der Waals surface area contributed by atoms with Crippen LogP contribution in [0.25, 0.3) is 0 Å². The molecule has 1 aromatic rings. The predicted octanol–water partition coefficient (Wildman–Crippen LogP) is 1.01. The zero-order valence-electron chi connectivity index (χ0n) is 12.1. The molecule has 1 aliphatic heterocycles. The summed E-state index contributed by atoms with van der Waals surface area (Å²) in [6.07, 6.45) is 0. The molecule has 0 atom stereocenters. The van der Waals surface area contributed by atoms with Gasteiger partial charge in [-0.2, -0.15) is 15.0 Å². The number of halogens is 1. The van der Waals surface area contributed by atoms with E-state index in [1.807, 2.05) is 25.7 Å². The smallest absolute Gasteiger partial charge is 0.247 e. The monoisotopic (exact) mass is 298 g/mol. The molecule has 1 aromatic heterocycles. The van der Waals surface area contributed by atoms with Crippen molar-refractivity contribution in [3.8, 4) is 0 Å². The first-order valence-electron chi connectivity index (χ1n) is 6.55. The Morgan fingerprint density at radius 3 is 2.65 bits per heavy atom. The van der Waals surface area contributed by atoms with Crippen LogP contribution in [0.2, 0.25) is 5.28 Å². The Labute approximate surface area is 123 Å². The molecule has 0 saturated carbocycles. The number of carbonyl (C=O) groups excluding carboxylic acids is 1. The molecule has 1 N–H and O–H groups in total. The van der Waals surface area contributed by atoms with Crippen molar-refractivity contribution in [2.24, 2.45) is 0 Å². The van der Waals surface area contributed by atoms with Gasteiger partial charge in [-0.1, -0.05) is 0 Å². The molecule has 0 unspecified atom stereocenters. The zero-order chi connectivity index (χ0) is 14.9. The number of nitrogens with zero attached hydrogens (tertiary/aromatic N) is 5. The Balaban J connectivity index is 2.37. The van der Waals surface area contributed by atoms with E-state index in [2.05, 4.69) is 20.3 Å². The van der Waals surface area contributed by atoms with Crippen molar-refractivity contribution in [2.45, 2.75) is 26.3 Å². The van der Waals surface area contributed by atoms with E-state index in [0.717, 1.165) is 0 Å². The van der Waals surface area contributed by atoms with Crippen molar-refractivity contribution in [3.05, 3.63) is 5.28 Å². The number of aromatic nitrogens is 3. The fourth-order valence-electron chi connectivity index (χ4n) is 2.26. The minimum absolute atomic E-state index is 0.0327. The summed E-state index contributed by atoms with van der Waals surface area (Å²) < 4.78 is 0. The number of rotatable bonds is 3. The fourth-order valence-corrected chi connectivity index (χ4v) is 2.42. The van der Waals surface area contributed by atoms with Crippen LogP contribution in [0.5, 0.6) is 0 Å². The predicted molar refractivity (Wildman–Crippen MR) is 78.1 cm³/mol. The lowest BCUT2D eigenvalue weighted by Crippen LogP contribution is -2.62. The van der Waals surface area contributed by atoms with Gasteiger partial charge in [-0.05, 0) is 32.4 Å². The van der Waals surface area contributed by atoms with Crippen molar-refractivity contribution in [1.29, 1.82) is 0 Å². The third kappa shape index (κ3) is 2.63. The Kier molecular flexibility index (Phi) is 3.99. The second-order valence-corrected chi connectivity index (χ2v) is 5.53. The van der Waals surface area contributed by atoms with Gasteiger partial charge in [0.1, 0.15) is 5.54 Å².